The molecule has 6 nitrogen and oxygen atoms in total. The Morgan fingerprint density at radius 1 is 1.21 bits per heavy atom. The highest BCUT2D eigenvalue weighted by Gasteiger charge is 2.19. The molecule has 1 aromatic rings. The molecule has 1 heterocycles. The third-order valence-electron chi connectivity index (χ3n) is 5.76. The van der Waals surface area contributed by atoms with Gasteiger partial charge in [-0.2, -0.15) is 0 Å². The molecule has 0 radical (unpaired) electrons. The molecule has 1 aromatic carbocycles. The second kappa shape index (κ2) is 9.80. The lowest BCUT2D eigenvalue weighted by atomic mass is 10.1. The molecule has 1 saturated heterocycles. The summed E-state index contributed by atoms with van der Waals surface area (Å²) in [6.07, 6.45) is 7.41. The summed E-state index contributed by atoms with van der Waals surface area (Å²) in [6.45, 7) is 4.61. The summed E-state index contributed by atoms with van der Waals surface area (Å²) in [5.74, 6) is 0.748. The average molecular weight is 386 g/mol. The van der Waals surface area contributed by atoms with Crippen LogP contribution >= 0.6 is 0 Å². The first-order chi connectivity index (χ1) is 13.5. The minimum Gasteiger partial charge on any atom is -0.372 e. The number of hydrogen-bond donors (Lipinski definition) is 2. The number of carbonyl (C=O) groups excluding carboxylic acids is 1. The number of carbonyl (C=O) groups is 1. The van der Waals surface area contributed by atoms with Gasteiger partial charge in [0, 0.05) is 38.9 Å². The number of anilines is 1. The molecule has 2 N–H and O–H groups in total. The highest BCUT2D eigenvalue weighted by Crippen LogP contribution is 2.24. The zero-order chi connectivity index (χ0) is 19.9. The van der Waals surface area contributed by atoms with E-state index in [1.807, 2.05) is 0 Å². The zero-order valence-electron chi connectivity index (χ0n) is 17.6. The lowest BCUT2D eigenvalue weighted by Gasteiger charge is -2.24. The predicted molar refractivity (Wildman–Crippen MR) is 116 cm³/mol. The van der Waals surface area contributed by atoms with E-state index >= 15 is 0 Å². The predicted octanol–water partition coefficient (Wildman–Crippen LogP) is 2.91. The van der Waals surface area contributed by atoms with E-state index in [2.05, 4.69) is 51.7 Å². The summed E-state index contributed by atoms with van der Waals surface area (Å²) in [5, 5.41) is 7.06. The van der Waals surface area contributed by atoms with Crippen LogP contribution in [0.15, 0.2) is 29.3 Å². The molecule has 2 fully saturated rings. The third kappa shape index (κ3) is 5.63. The standard InChI is InChI=1S/C22H35N5O/c1-17(18-9-8-12-20(15-18)27-13-6-7-14-27)24-22(23-16-21(28)26(2)3)25-19-10-4-5-11-19/h8-9,12,15,17,19H,4-7,10-11,13-14,16H2,1-3H3,(H2,23,24,25). The molecule has 2 aliphatic rings. The number of rotatable bonds is 6. The molecule has 3 rings (SSSR count). The van der Waals surface area contributed by atoms with E-state index < -0.39 is 0 Å². The van der Waals surface area contributed by atoms with Crippen molar-refractivity contribution < 1.29 is 4.79 Å². The molecule has 6 heteroatoms. The van der Waals surface area contributed by atoms with Crippen molar-refractivity contribution in [2.24, 2.45) is 4.99 Å². The molecule has 154 valence electrons. The highest BCUT2D eigenvalue weighted by atomic mass is 16.2. The Bertz CT molecular complexity index is 675. The third-order valence-corrected chi connectivity index (χ3v) is 5.76. The Morgan fingerprint density at radius 3 is 2.61 bits per heavy atom. The van der Waals surface area contributed by atoms with Gasteiger partial charge in [-0.3, -0.25) is 4.79 Å². The van der Waals surface area contributed by atoms with Gasteiger partial charge in [-0.25, -0.2) is 4.99 Å². The van der Waals surface area contributed by atoms with Crippen LogP contribution in [0.25, 0.3) is 0 Å². The lowest BCUT2D eigenvalue weighted by molar-refractivity contribution is -0.127. The Balaban J connectivity index is 1.68. The molecule has 1 unspecified atom stereocenters. The Labute approximate surface area is 169 Å². The number of nitrogens with one attached hydrogen (secondary N) is 2. The fraction of sp³-hybridized carbons (Fsp3) is 0.636. The van der Waals surface area contributed by atoms with Crippen molar-refractivity contribution in [3.63, 3.8) is 0 Å². The largest absolute Gasteiger partial charge is 0.372 e. The Hall–Kier alpha value is -2.24. The van der Waals surface area contributed by atoms with Crippen molar-refractivity contribution in [1.82, 2.24) is 15.5 Å². The number of guanidine groups is 1. The van der Waals surface area contributed by atoms with Crippen LogP contribution in [0.3, 0.4) is 0 Å². The first-order valence-electron chi connectivity index (χ1n) is 10.7. The summed E-state index contributed by atoms with van der Waals surface area (Å²) in [6, 6.07) is 9.34. The minimum absolute atomic E-state index is 0.0104. The van der Waals surface area contributed by atoms with Gasteiger partial charge in [0.05, 0.1) is 6.04 Å². The smallest absolute Gasteiger partial charge is 0.243 e. The topological polar surface area (TPSA) is 60.0 Å². The van der Waals surface area contributed by atoms with E-state index in [4.69, 9.17) is 0 Å². The Morgan fingerprint density at radius 2 is 1.93 bits per heavy atom. The average Bonchev–Trinajstić information content (AvgIpc) is 3.40. The first-order valence-corrected chi connectivity index (χ1v) is 10.7. The van der Waals surface area contributed by atoms with Crippen LogP contribution in [0, 0.1) is 0 Å². The fourth-order valence-corrected chi connectivity index (χ4v) is 3.94. The number of nitrogens with zero attached hydrogens (tertiary/aromatic N) is 3. The van der Waals surface area contributed by atoms with E-state index in [1.165, 1.54) is 49.8 Å². The summed E-state index contributed by atoms with van der Waals surface area (Å²) >= 11 is 0. The maximum absolute atomic E-state index is 12.0. The maximum Gasteiger partial charge on any atom is 0.243 e. The van der Waals surface area contributed by atoms with Crippen LogP contribution < -0.4 is 15.5 Å². The van der Waals surface area contributed by atoms with Crippen LogP contribution in [0.5, 0.6) is 0 Å². The molecule has 0 bridgehead atoms. The van der Waals surface area contributed by atoms with Gasteiger partial charge < -0.3 is 20.4 Å². The summed E-state index contributed by atoms with van der Waals surface area (Å²) in [4.78, 5) is 20.6. The number of amides is 1. The normalized spacial score (nSPS) is 19.0. The monoisotopic (exact) mass is 385 g/mol. The van der Waals surface area contributed by atoms with Gasteiger partial charge in [-0.05, 0) is 50.3 Å². The van der Waals surface area contributed by atoms with Crippen molar-refractivity contribution in [3.8, 4) is 0 Å². The molecule has 1 aliphatic heterocycles. The molecular weight excluding hydrogens is 350 g/mol. The summed E-state index contributed by atoms with van der Waals surface area (Å²) < 4.78 is 0. The zero-order valence-corrected chi connectivity index (χ0v) is 17.6. The van der Waals surface area contributed by atoms with E-state index in [9.17, 15) is 4.79 Å². The highest BCUT2D eigenvalue weighted by molar-refractivity contribution is 5.85. The van der Waals surface area contributed by atoms with Crippen LogP contribution in [-0.2, 0) is 4.79 Å². The molecule has 0 spiro atoms. The minimum atomic E-state index is 0.0104. The van der Waals surface area contributed by atoms with Gasteiger partial charge in [0.2, 0.25) is 5.91 Å². The molecular formula is C22H35N5O. The number of benzene rings is 1. The van der Waals surface area contributed by atoms with Crippen LogP contribution in [0.4, 0.5) is 5.69 Å². The number of hydrogen-bond acceptors (Lipinski definition) is 3. The second-order valence-electron chi connectivity index (χ2n) is 8.23. The van der Waals surface area contributed by atoms with Crippen LogP contribution in [-0.4, -0.2) is 56.5 Å². The van der Waals surface area contributed by atoms with E-state index in [-0.39, 0.29) is 18.5 Å². The molecule has 1 aliphatic carbocycles. The van der Waals surface area contributed by atoms with Crippen LogP contribution in [0.1, 0.15) is 57.1 Å². The fourth-order valence-electron chi connectivity index (χ4n) is 3.94. The maximum atomic E-state index is 12.0. The van der Waals surface area contributed by atoms with Gasteiger partial charge in [-0.1, -0.05) is 25.0 Å². The molecule has 1 atom stereocenters. The van der Waals surface area contributed by atoms with Gasteiger partial charge in [-0.15, -0.1) is 0 Å². The van der Waals surface area contributed by atoms with E-state index in [1.54, 1.807) is 19.0 Å². The van der Waals surface area contributed by atoms with Crippen LogP contribution in [0.2, 0.25) is 0 Å². The molecule has 1 saturated carbocycles. The van der Waals surface area contributed by atoms with E-state index in [0.717, 1.165) is 19.0 Å². The number of aliphatic imine (C=N–C) groups is 1. The molecule has 0 aromatic heterocycles. The van der Waals surface area contributed by atoms with Gasteiger partial charge >= 0.3 is 0 Å². The van der Waals surface area contributed by atoms with Crippen molar-refractivity contribution in [3.05, 3.63) is 29.8 Å². The van der Waals surface area contributed by atoms with Crippen molar-refractivity contribution in [1.29, 1.82) is 0 Å². The first kappa shape index (κ1) is 20.5. The lowest BCUT2D eigenvalue weighted by Crippen LogP contribution is -2.44. The number of likely N-dealkylation sites (N-methyl/N-ethyl adjacent to an activating group) is 1. The molecule has 1 amide bonds. The quantitative estimate of drug-likeness (QED) is 0.584. The van der Waals surface area contributed by atoms with Gasteiger partial charge in [0.15, 0.2) is 5.96 Å². The second-order valence-corrected chi connectivity index (χ2v) is 8.23. The van der Waals surface area contributed by atoms with E-state index in [0.29, 0.717) is 6.04 Å². The van der Waals surface area contributed by atoms with Gasteiger partial charge in [0.25, 0.3) is 0 Å². The van der Waals surface area contributed by atoms with Crippen molar-refractivity contribution in [2.75, 3.05) is 38.6 Å². The van der Waals surface area contributed by atoms with Gasteiger partial charge in [0.1, 0.15) is 6.54 Å². The molecule has 28 heavy (non-hydrogen) atoms. The SMILES string of the molecule is CC(NC(=NCC(=O)N(C)C)NC1CCCC1)c1cccc(N2CCCC2)c1. The van der Waals surface area contributed by atoms with Crippen molar-refractivity contribution >= 4 is 17.6 Å². The van der Waals surface area contributed by atoms with Crippen molar-refractivity contribution in [2.45, 2.75) is 57.5 Å². The summed E-state index contributed by atoms with van der Waals surface area (Å²) in [5.41, 5.74) is 2.54. The Kier molecular flexibility index (Phi) is 7.18. The summed E-state index contributed by atoms with van der Waals surface area (Å²) in [7, 11) is 3.53.